The molecule has 0 aromatic carbocycles. The van der Waals surface area contributed by atoms with Gasteiger partial charge in [0.25, 0.3) is 0 Å². The van der Waals surface area contributed by atoms with Crippen LogP contribution in [0.25, 0.3) is 0 Å². The van der Waals surface area contributed by atoms with Crippen molar-refractivity contribution in [3.8, 4) is 0 Å². The van der Waals surface area contributed by atoms with Crippen LogP contribution in [-0.4, -0.2) is 13.3 Å². The zero-order chi connectivity index (χ0) is 9.40. The first-order chi connectivity index (χ1) is 5.66. The molecule has 0 aliphatic rings. The monoisotopic (exact) mass is 167 g/mol. The molecule has 1 nitrogen and oxygen atoms in total. The maximum atomic E-state index is 3.98. The lowest BCUT2D eigenvalue weighted by Gasteiger charge is -2.05. The van der Waals surface area contributed by atoms with E-state index in [2.05, 4.69) is 31.8 Å². The topological polar surface area (TPSA) is 12.4 Å². The van der Waals surface area contributed by atoms with Crippen molar-refractivity contribution < 1.29 is 0 Å². The molecule has 0 aromatic heterocycles. The normalized spacial score (nSPS) is 13.3. The molecule has 0 N–H and O–H groups in total. The van der Waals surface area contributed by atoms with Crippen LogP contribution in [0.1, 0.15) is 40.0 Å². The summed E-state index contributed by atoms with van der Waals surface area (Å²) in [5.74, 6) is 0.768. The summed E-state index contributed by atoms with van der Waals surface area (Å²) in [6.07, 6.45) is 7.91. The maximum absolute atomic E-state index is 3.98. The highest BCUT2D eigenvalue weighted by molar-refractivity contribution is 5.57. The molecule has 0 amide bonds. The van der Waals surface area contributed by atoms with Crippen LogP contribution < -0.4 is 0 Å². The van der Waals surface area contributed by atoms with Gasteiger partial charge < -0.3 is 4.99 Å². The molecule has 0 aromatic rings. The third-order valence-corrected chi connectivity index (χ3v) is 1.90. The molecule has 0 heterocycles. The highest BCUT2D eigenvalue weighted by Crippen LogP contribution is 2.10. The number of hydrogen-bond donors (Lipinski definition) is 0. The molecule has 1 atom stereocenters. The average Bonchev–Trinajstić information content (AvgIpc) is 2.00. The molecule has 0 aliphatic carbocycles. The minimum absolute atomic E-state index is 0.768. The summed E-state index contributed by atoms with van der Waals surface area (Å²) >= 11 is 0. The molecule has 1 unspecified atom stereocenters. The molecule has 0 radical (unpaired) electrons. The molecule has 0 saturated carbocycles. The average molecular weight is 167 g/mol. The lowest BCUT2D eigenvalue weighted by molar-refractivity contribution is 0.563. The van der Waals surface area contributed by atoms with E-state index in [1.54, 1.807) is 0 Å². The van der Waals surface area contributed by atoms with Gasteiger partial charge in [0.05, 0.1) is 0 Å². The van der Waals surface area contributed by atoms with Gasteiger partial charge in [-0.3, -0.25) is 0 Å². The van der Waals surface area contributed by atoms with Crippen molar-refractivity contribution in [3.63, 3.8) is 0 Å². The fraction of sp³-hybridized carbons (Fsp3) is 0.727. The first kappa shape index (κ1) is 11.4. The minimum atomic E-state index is 0.768. The quantitative estimate of drug-likeness (QED) is 0.439. The lowest BCUT2D eigenvalue weighted by atomic mass is 10.0. The van der Waals surface area contributed by atoms with E-state index in [-0.39, 0.29) is 0 Å². The van der Waals surface area contributed by atoms with Gasteiger partial charge in [-0.15, -0.1) is 0 Å². The largest absolute Gasteiger partial charge is 0.301 e. The number of allylic oxidation sites excluding steroid dienone is 2. The van der Waals surface area contributed by atoms with Crippen molar-refractivity contribution in [2.45, 2.75) is 40.0 Å². The van der Waals surface area contributed by atoms with E-state index in [9.17, 15) is 0 Å². The third kappa shape index (κ3) is 7.52. The number of aliphatic imine (C=N–C) groups is 1. The lowest BCUT2D eigenvalue weighted by Crippen LogP contribution is -1.94. The van der Waals surface area contributed by atoms with Gasteiger partial charge in [0.15, 0.2) is 0 Å². The summed E-state index contributed by atoms with van der Waals surface area (Å²) in [7, 11) is 1.84. The summed E-state index contributed by atoms with van der Waals surface area (Å²) in [5.41, 5.74) is 1.42. The van der Waals surface area contributed by atoms with Crippen molar-refractivity contribution in [1.29, 1.82) is 0 Å². The Morgan fingerprint density at radius 2 is 2.08 bits per heavy atom. The molecule has 1 heteroatoms. The molecule has 70 valence electrons. The molecular formula is C11H21N. The van der Waals surface area contributed by atoms with Crippen LogP contribution in [-0.2, 0) is 0 Å². The van der Waals surface area contributed by atoms with Crippen LogP contribution in [0.3, 0.4) is 0 Å². The maximum Gasteiger partial charge on any atom is 0.0273 e. The van der Waals surface area contributed by atoms with Gasteiger partial charge in [0.2, 0.25) is 0 Å². The summed E-state index contributed by atoms with van der Waals surface area (Å²) in [6, 6.07) is 0. The Bertz CT molecular complexity index is 152. The Balaban J connectivity index is 3.43. The van der Waals surface area contributed by atoms with Crippen molar-refractivity contribution in [2.24, 2.45) is 10.9 Å². The highest BCUT2D eigenvalue weighted by Gasteiger charge is 1.97. The molecule has 0 aliphatic heterocycles. The van der Waals surface area contributed by atoms with E-state index in [1.807, 2.05) is 13.3 Å². The zero-order valence-electron chi connectivity index (χ0n) is 8.80. The van der Waals surface area contributed by atoms with Crippen molar-refractivity contribution in [2.75, 3.05) is 7.05 Å². The second-order valence-corrected chi connectivity index (χ2v) is 3.64. The summed E-state index contributed by atoms with van der Waals surface area (Å²) in [6.45, 7) is 6.58. The van der Waals surface area contributed by atoms with E-state index in [0.29, 0.717) is 0 Å². The van der Waals surface area contributed by atoms with E-state index >= 15 is 0 Å². The number of rotatable bonds is 5. The molecule has 12 heavy (non-hydrogen) atoms. The molecule has 0 fully saturated rings. The number of hydrogen-bond acceptors (Lipinski definition) is 1. The Labute approximate surface area is 76.6 Å². The minimum Gasteiger partial charge on any atom is -0.301 e. The summed E-state index contributed by atoms with van der Waals surface area (Å²) in [5, 5.41) is 0. The molecule has 0 spiro atoms. The van der Waals surface area contributed by atoms with Gasteiger partial charge in [0, 0.05) is 7.05 Å². The first-order valence-corrected chi connectivity index (χ1v) is 4.70. The van der Waals surface area contributed by atoms with Crippen LogP contribution >= 0.6 is 0 Å². The zero-order valence-corrected chi connectivity index (χ0v) is 8.80. The molecule has 0 bridgehead atoms. The second kappa shape index (κ2) is 7.08. The Morgan fingerprint density at radius 1 is 1.42 bits per heavy atom. The van der Waals surface area contributed by atoms with Gasteiger partial charge in [0.1, 0.15) is 0 Å². The molecule has 0 rings (SSSR count). The van der Waals surface area contributed by atoms with Gasteiger partial charge in [-0.05, 0) is 45.2 Å². The van der Waals surface area contributed by atoms with E-state index < -0.39 is 0 Å². The SMILES string of the molecule is CN=CCC(C)CCC=C(C)C. The van der Waals surface area contributed by atoms with Gasteiger partial charge >= 0.3 is 0 Å². The van der Waals surface area contributed by atoms with Crippen LogP contribution in [0.5, 0.6) is 0 Å². The second-order valence-electron chi connectivity index (χ2n) is 3.64. The van der Waals surface area contributed by atoms with E-state index in [0.717, 1.165) is 12.3 Å². The van der Waals surface area contributed by atoms with Crippen molar-refractivity contribution >= 4 is 6.21 Å². The van der Waals surface area contributed by atoms with Crippen LogP contribution in [0.4, 0.5) is 0 Å². The van der Waals surface area contributed by atoms with E-state index in [1.165, 1.54) is 18.4 Å². The first-order valence-electron chi connectivity index (χ1n) is 4.70. The fourth-order valence-electron chi connectivity index (χ4n) is 1.06. The Hall–Kier alpha value is -0.590. The van der Waals surface area contributed by atoms with E-state index in [4.69, 9.17) is 0 Å². The van der Waals surface area contributed by atoms with Gasteiger partial charge in [-0.25, -0.2) is 0 Å². The summed E-state index contributed by atoms with van der Waals surface area (Å²) < 4.78 is 0. The third-order valence-electron chi connectivity index (χ3n) is 1.90. The van der Waals surface area contributed by atoms with Crippen molar-refractivity contribution in [3.05, 3.63) is 11.6 Å². The highest BCUT2D eigenvalue weighted by atomic mass is 14.6. The van der Waals surface area contributed by atoms with Crippen LogP contribution in [0.2, 0.25) is 0 Å². The van der Waals surface area contributed by atoms with Crippen LogP contribution in [0, 0.1) is 5.92 Å². The predicted molar refractivity (Wildman–Crippen MR) is 56.9 cm³/mol. The Kier molecular flexibility index (Phi) is 6.73. The molecule has 0 saturated heterocycles. The molecular weight excluding hydrogens is 146 g/mol. The standard InChI is InChI=1S/C11H21N/c1-10(2)6-5-7-11(3)8-9-12-4/h6,9,11H,5,7-8H2,1-4H3. The summed E-state index contributed by atoms with van der Waals surface area (Å²) in [4.78, 5) is 3.98. The number of nitrogens with zero attached hydrogens (tertiary/aromatic N) is 1. The predicted octanol–water partition coefficient (Wildman–Crippen LogP) is 3.46. The van der Waals surface area contributed by atoms with Crippen molar-refractivity contribution in [1.82, 2.24) is 0 Å². The van der Waals surface area contributed by atoms with Gasteiger partial charge in [-0.2, -0.15) is 0 Å². The van der Waals surface area contributed by atoms with Gasteiger partial charge in [-0.1, -0.05) is 18.6 Å². The smallest absolute Gasteiger partial charge is 0.0273 e. The Morgan fingerprint density at radius 3 is 2.58 bits per heavy atom. The fourth-order valence-corrected chi connectivity index (χ4v) is 1.06. The van der Waals surface area contributed by atoms with Crippen LogP contribution in [0.15, 0.2) is 16.6 Å².